The summed E-state index contributed by atoms with van der Waals surface area (Å²) < 4.78 is 5.43. The number of carbonyl (C=O) groups excluding carboxylic acids is 1. The highest BCUT2D eigenvalue weighted by atomic mass is 16.6. The molecule has 29 heavy (non-hydrogen) atoms. The van der Waals surface area contributed by atoms with Crippen LogP contribution in [-0.2, 0) is 15.1 Å². The maximum atomic E-state index is 13.2. The fraction of sp³-hybridized carbons (Fsp3) is 0.273. The van der Waals surface area contributed by atoms with E-state index in [0.29, 0.717) is 5.56 Å². The topological polar surface area (TPSA) is 94.4 Å². The minimum Gasteiger partial charge on any atom is -0.461 e. The van der Waals surface area contributed by atoms with Crippen molar-refractivity contribution in [2.45, 2.75) is 25.3 Å². The summed E-state index contributed by atoms with van der Waals surface area (Å²) in [5, 5.41) is 14.7. The van der Waals surface area contributed by atoms with Gasteiger partial charge in [0.2, 0.25) is 0 Å². The number of pyridine rings is 1. The zero-order valence-electron chi connectivity index (χ0n) is 16.4. The molecule has 1 aliphatic rings. The Morgan fingerprint density at radius 3 is 2.86 bits per heavy atom. The summed E-state index contributed by atoms with van der Waals surface area (Å²) in [7, 11) is 0. The monoisotopic (exact) mass is 393 g/mol. The van der Waals surface area contributed by atoms with E-state index in [9.17, 15) is 14.9 Å². The minimum atomic E-state index is -0.819. The molecular weight excluding hydrogens is 370 g/mol. The third kappa shape index (κ3) is 4.03. The summed E-state index contributed by atoms with van der Waals surface area (Å²) in [6.07, 6.45) is 6.81. The van der Waals surface area contributed by atoms with Crippen molar-refractivity contribution in [3.8, 4) is 0 Å². The van der Waals surface area contributed by atoms with Crippen LogP contribution in [0, 0.1) is 16.0 Å². The number of nitrogens with zero attached hydrogens (tertiary/aromatic N) is 2. The van der Waals surface area contributed by atoms with Crippen LogP contribution in [0.15, 0.2) is 73.2 Å². The van der Waals surface area contributed by atoms with Crippen molar-refractivity contribution in [2.24, 2.45) is 5.92 Å². The average molecular weight is 393 g/mol. The van der Waals surface area contributed by atoms with Gasteiger partial charge < -0.3 is 10.1 Å². The molecule has 1 N–H and O–H groups in total. The molecule has 0 fully saturated rings. The van der Waals surface area contributed by atoms with Gasteiger partial charge in [-0.15, -0.1) is 0 Å². The number of nitro groups is 1. The number of benzene rings is 1. The third-order valence-corrected chi connectivity index (χ3v) is 5.19. The van der Waals surface area contributed by atoms with Gasteiger partial charge in [0.1, 0.15) is 6.61 Å². The minimum absolute atomic E-state index is 0.0200. The molecule has 7 nitrogen and oxygen atoms in total. The predicted octanol–water partition coefficient (Wildman–Crippen LogP) is 3.84. The van der Waals surface area contributed by atoms with E-state index >= 15 is 0 Å². The van der Waals surface area contributed by atoms with Gasteiger partial charge >= 0.3 is 5.97 Å². The summed E-state index contributed by atoms with van der Waals surface area (Å²) >= 11 is 0. The highest BCUT2D eigenvalue weighted by Gasteiger charge is 2.49. The number of allylic oxidation sites excluding steroid dienone is 2. The zero-order valence-corrected chi connectivity index (χ0v) is 16.4. The second-order valence-corrected chi connectivity index (χ2v) is 7.19. The van der Waals surface area contributed by atoms with Crippen molar-refractivity contribution in [2.75, 3.05) is 6.61 Å². The molecule has 2 heterocycles. The molecular formula is C22H23N3O4. The summed E-state index contributed by atoms with van der Waals surface area (Å²) in [5.41, 5.74) is 1.52. The first-order valence-corrected chi connectivity index (χ1v) is 9.26. The summed E-state index contributed by atoms with van der Waals surface area (Å²) in [6, 6.07) is 10.1. The van der Waals surface area contributed by atoms with E-state index < -0.39 is 28.3 Å². The smallest absolute Gasteiger partial charge is 0.312 e. The first-order chi connectivity index (χ1) is 13.9. The zero-order chi connectivity index (χ0) is 21.0. The van der Waals surface area contributed by atoms with Gasteiger partial charge in [0.25, 0.3) is 5.69 Å². The van der Waals surface area contributed by atoms with Gasteiger partial charge in [-0.2, -0.15) is 0 Å². The molecule has 1 aromatic carbocycles. The number of carbonyl (C=O) groups is 1. The van der Waals surface area contributed by atoms with E-state index in [2.05, 4.69) is 16.9 Å². The summed E-state index contributed by atoms with van der Waals surface area (Å²) in [4.78, 5) is 28.2. The second kappa shape index (κ2) is 8.26. The van der Waals surface area contributed by atoms with Crippen LogP contribution in [0.3, 0.4) is 0 Å². The Morgan fingerprint density at radius 2 is 2.21 bits per heavy atom. The Bertz CT molecular complexity index is 958. The molecule has 0 saturated heterocycles. The molecule has 2 aromatic rings. The van der Waals surface area contributed by atoms with Crippen LogP contribution >= 0.6 is 0 Å². The molecule has 0 amide bonds. The van der Waals surface area contributed by atoms with Crippen molar-refractivity contribution in [1.29, 1.82) is 0 Å². The first kappa shape index (κ1) is 20.3. The Hall–Kier alpha value is -3.48. The molecule has 0 spiro atoms. The molecule has 3 rings (SSSR count). The molecule has 1 aliphatic heterocycles. The molecule has 0 bridgehead atoms. The fourth-order valence-electron chi connectivity index (χ4n) is 3.92. The SMILES string of the molecule is C=CCOC(=O)C1C(c2cccc([N+](=O)[O-])c2)C=C(C)NC1(C)c1cccnc1. The van der Waals surface area contributed by atoms with E-state index in [-0.39, 0.29) is 12.3 Å². The molecule has 0 saturated carbocycles. The van der Waals surface area contributed by atoms with Crippen molar-refractivity contribution in [3.63, 3.8) is 0 Å². The van der Waals surface area contributed by atoms with Gasteiger partial charge in [-0.3, -0.25) is 19.9 Å². The number of ether oxygens (including phenoxy) is 1. The highest BCUT2D eigenvalue weighted by Crippen LogP contribution is 2.45. The number of nitro benzene ring substituents is 1. The van der Waals surface area contributed by atoms with E-state index in [1.54, 1.807) is 24.5 Å². The van der Waals surface area contributed by atoms with Crippen LogP contribution < -0.4 is 5.32 Å². The molecule has 0 aliphatic carbocycles. The van der Waals surface area contributed by atoms with E-state index in [1.807, 2.05) is 32.1 Å². The van der Waals surface area contributed by atoms with Crippen LogP contribution in [0.1, 0.15) is 30.9 Å². The van der Waals surface area contributed by atoms with Gasteiger partial charge in [0.15, 0.2) is 0 Å². The van der Waals surface area contributed by atoms with Crippen molar-refractivity contribution >= 4 is 11.7 Å². The lowest BCUT2D eigenvalue weighted by Crippen LogP contribution is -2.53. The summed E-state index contributed by atoms with van der Waals surface area (Å²) in [5.74, 6) is -1.50. The Morgan fingerprint density at radius 1 is 1.41 bits per heavy atom. The second-order valence-electron chi connectivity index (χ2n) is 7.19. The number of hydrogen-bond donors (Lipinski definition) is 1. The number of esters is 1. The number of hydrogen-bond acceptors (Lipinski definition) is 6. The van der Waals surface area contributed by atoms with Crippen molar-refractivity contribution < 1.29 is 14.5 Å². The molecule has 150 valence electrons. The number of aromatic nitrogens is 1. The highest BCUT2D eigenvalue weighted by molar-refractivity contribution is 5.77. The normalized spacial score (nSPS) is 23.4. The number of nitrogens with one attached hydrogen (secondary N) is 1. The van der Waals surface area contributed by atoms with Crippen molar-refractivity contribution in [3.05, 3.63) is 94.5 Å². The largest absolute Gasteiger partial charge is 0.461 e. The third-order valence-electron chi connectivity index (χ3n) is 5.19. The summed E-state index contributed by atoms with van der Waals surface area (Å²) in [6.45, 7) is 7.52. The van der Waals surface area contributed by atoms with Gasteiger partial charge in [0, 0.05) is 36.1 Å². The maximum Gasteiger partial charge on any atom is 0.312 e. The molecule has 0 radical (unpaired) electrons. The van der Waals surface area contributed by atoms with Crippen LogP contribution in [0.2, 0.25) is 0 Å². The van der Waals surface area contributed by atoms with Crippen LogP contribution in [0.4, 0.5) is 5.69 Å². The van der Waals surface area contributed by atoms with Gasteiger partial charge in [-0.25, -0.2) is 0 Å². The maximum absolute atomic E-state index is 13.2. The Labute approximate surface area is 169 Å². The van der Waals surface area contributed by atoms with Gasteiger partial charge in [-0.05, 0) is 31.0 Å². The lowest BCUT2D eigenvalue weighted by molar-refractivity contribution is -0.384. The number of non-ortho nitro benzene ring substituents is 1. The standard InChI is InChI=1S/C22H23N3O4/c1-4-11-29-21(26)20-19(16-7-5-9-18(13-16)25(27)28)12-15(2)24-22(20,3)17-8-6-10-23-14-17/h4-10,12-14,19-20,24H,1,11H2,2-3H3. The molecule has 1 aromatic heterocycles. The molecule has 7 heteroatoms. The lowest BCUT2D eigenvalue weighted by Gasteiger charge is -2.45. The lowest BCUT2D eigenvalue weighted by atomic mass is 9.68. The van der Waals surface area contributed by atoms with E-state index in [1.165, 1.54) is 18.2 Å². The van der Waals surface area contributed by atoms with Crippen LogP contribution in [0.5, 0.6) is 0 Å². The average Bonchev–Trinajstić information content (AvgIpc) is 2.72. The van der Waals surface area contributed by atoms with Gasteiger partial charge in [-0.1, -0.05) is 36.9 Å². The Balaban J connectivity index is 2.15. The van der Waals surface area contributed by atoms with E-state index in [0.717, 1.165) is 11.3 Å². The van der Waals surface area contributed by atoms with Crippen LogP contribution in [-0.4, -0.2) is 22.5 Å². The Kier molecular flexibility index (Phi) is 5.77. The molecule has 3 atom stereocenters. The predicted molar refractivity (Wildman–Crippen MR) is 109 cm³/mol. The first-order valence-electron chi connectivity index (χ1n) is 9.26. The van der Waals surface area contributed by atoms with Crippen molar-refractivity contribution in [1.82, 2.24) is 10.3 Å². The van der Waals surface area contributed by atoms with Crippen LogP contribution in [0.25, 0.3) is 0 Å². The number of rotatable bonds is 6. The fourth-order valence-corrected chi connectivity index (χ4v) is 3.92. The van der Waals surface area contributed by atoms with E-state index in [4.69, 9.17) is 4.74 Å². The van der Waals surface area contributed by atoms with Gasteiger partial charge in [0.05, 0.1) is 16.4 Å². The molecule has 3 unspecified atom stereocenters. The quantitative estimate of drug-likeness (QED) is 0.347.